The summed E-state index contributed by atoms with van der Waals surface area (Å²) < 4.78 is 12.1. The summed E-state index contributed by atoms with van der Waals surface area (Å²) in [6.07, 6.45) is 7.92. The Kier molecular flexibility index (Phi) is 4.16. The lowest BCUT2D eigenvalue weighted by molar-refractivity contribution is 0.0518. The second-order valence-corrected chi connectivity index (χ2v) is 13.8. The Hall–Kier alpha value is -1.06. The van der Waals surface area contributed by atoms with Gasteiger partial charge in [0.2, 0.25) is 0 Å². The summed E-state index contributed by atoms with van der Waals surface area (Å²) in [6, 6.07) is 6.68. The summed E-state index contributed by atoms with van der Waals surface area (Å²) in [5.74, 6) is 1.72. The standard InChI is InChI=1S/C22H32O2Si/c1-22-13-12-18-17-9-7-16(23-2)14-15(17)6-8-19(18)20(22)10-11-21(22)24-25(3,4)5/h7,9,14,20-21H,6,8,10-13H2,1-5H3/t20-,21+,22-/m0/s1. The van der Waals surface area contributed by atoms with Crippen LogP contribution in [0.1, 0.15) is 50.2 Å². The highest BCUT2D eigenvalue weighted by molar-refractivity contribution is 6.69. The van der Waals surface area contributed by atoms with Crippen LogP contribution in [0, 0.1) is 11.3 Å². The molecule has 0 N–H and O–H groups in total. The van der Waals surface area contributed by atoms with Crippen LogP contribution in [0.3, 0.4) is 0 Å². The molecule has 4 rings (SSSR count). The van der Waals surface area contributed by atoms with Crippen LogP contribution in [0.25, 0.3) is 5.57 Å². The first-order chi connectivity index (χ1) is 11.8. The summed E-state index contributed by atoms with van der Waals surface area (Å²) in [6.45, 7) is 9.52. The highest BCUT2D eigenvalue weighted by Gasteiger charge is 2.52. The molecule has 136 valence electrons. The van der Waals surface area contributed by atoms with Gasteiger partial charge < -0.3 is 9.16 Å². The molecule has 0 amide bonds. The average Bonchev–Trinajstić information content (AvgIpc) is 2.89. The molecule has 1 aromatic carbocycles. The zero-order valence-electron chi connectivity index (χ0n) is 16.4. The largest absolute Gasteiger partial charge is 0.497 e. The lowest BCUT2D eigenvalue weighted by atomic mass is 9.62. The molecule has 2 nitrogen and oxygen atoms in total. The number of allylic oxidation sites excluding steroid dienone is 2. The molecule has 0 spiro atoms. The van der Waals surface area contributed by atoms with Gasteiger partial charge in [0.1, 0.15) is 5.75 Å². The third-order valence-electron chi connectivity index (χ3n) is 6.77. The average molecular weight is 357 g/mol. The number of methoxy groups -OCH3 is 1. The number of rotatable bonds is 3. The fraction of sp³-hybridized carbons (Fsp3) is 0.636. The van der Waals surface area contributed by atoms with Crippen LogP contribution in [0.4, 0.5) is 0 Å². The topological polar surface area (TPSA) is 18.5 Å². The Morgan fingerprint density at radius 3 is 2.60 bits per heavy atom. The Bertz CT molecular complexity index is 715. The summed E-state index contributed by atoms with van der Waals surface area (Å²) in [5, 5.41) is 0. The van der Waals surface area contributed by atoms with E-state index in [1.807, 2.05) is 0 Å². The molecule has 0 saturated heterocycles. The zero-order chi connectivity index (χ0) is 17.8. The molecule has 3 aliphatic carbocycles. The van der Waals surface area contributed by atoms with Gasteiger partial charge in [0, 0.05) is 0 Å². The third kappa shape index (κ3) is 2.89. The van der Waals surface area contributed by atoms with E-state index in [2.05, 4.69) is 44.8 Å². The van der Waals surface area contributed by atoms with Crippen molar-refractivity contribution in [2.75, 3.05) is 7.11 Å². The lowest BCUT2D eigenvalue weighted by Gasteiger charge is -2.46. The number of fused-ring (bicyclic) bond motifs is 4. The van der Waals surface area contributed by atoms with Gasteiger partial charge in [-0.25, -0.2) is 0 Å². The van der Waals surface area contributed by atoms with Gasteiger partial charge in [-0.2, -0.15) is 0 Å². The first-order valence-corrected chi connectivity index (χ1v) is 13.3. The second-order valence-electron chi connectivity index (χ2n) is 9.38. The van der Waals surface area contributed by atoms with Crippen LogP contribution >= 0.6 is 0 Å². The first-order valence-electron chi connectivity index (χ1n) is 9.89. The highest BCUT2D eigenvalue weighted by Crippen LogP contribution is 2.59. The lowest BCUT2D eigenvalue weighted by Crippen LogP contribution is -2.43. The minimum Gasteiger partial charge on any atom is -0.497 e. The van der Waals surface area contributed by atoms with Crippen molar-refractivity contribution in [3.05, 3.63) is 34.9 Å². The van der Waals surface area contributed by atoms with Crippen LogP contribution in [0.2, 0.25) is 19.6 Å². The van der Waals surface area contributed by atoms with Crippen molar-refractivity contribution in [2.45, 2.75) is 71.2 Å². The van der Waals surface area contributed by atoms with Gasteiger partial charge in [-0.05, 0) is 98.3 Å². The van der Waals surface area contributed by atoms with E-state index in [1.54, 1.807) is 18.3 Å². The molecule has 3 atom stereocenters. The molecule has 0 bridgehead atoms. The minimum absolute atomic E-state index is 0.350. The first kappa shape index (κ1) is 17.4. The molecule has 0 heterocycles. The molecule has 0 aromatic heterocycles. The van der Waals surface area contributed by atoms with Crippen molar-refractivity contribution in [1.29, 1.82) is 0 Å². The van der Waals surface area contributed by atoms with Crippen molar-refractivity contribution in [3.63, 3.8) is 0 Å². The van der Waals surface area contributed by atoms with Gasteiger partial charge in [0.05, 0.1) is 13.2 Å². The molecule has 0 aliphatic heterocycles. The highest BCUT2D eigenvalue weighted by atomic mass is 28.4. The predicted molar refractivity (Wildman–Crippen MR) is 107 cm³/mol. The molecular formula is C22H32O2Si. The monoisotopic (exact) mass is 356 g/mol. The van der Waals surface area contributed by atoms with Gasteiger partial charge in [-0.15, -0.1) is 0 Å². The molecule has 3 heteroatoms. The van der Waals surface area contributed by atoms with Crippen LogP contribution < -0.4 is 4.74 Å². The maximum Gasteiger partial charge on any atom is 0.184 e. The van der Waals surface area contributed by atoms with Crippen molar-refractivity contribution in [3.8, 4) is 5.75 Å². The Morgan fingerprint density at radius 2 is 1.88 bits per heavy atom. The van der Waals surface area contributed by atoms with Crippen molar-refractivity contribution < 1.29 is 9.16 Å². The fourth-order valence-electron chi connectivity index (χ4n) is 5.60. The molecule has 0 unspecified atom stereocenters. The normalized spacial score (nSPS) is 31.4. The third-order valence-corrected chi connectivity index (χ3v) is 7.76. The maximum absolute atomic E-state index is 6.65. The van der Waals surface area contributed by atoms with Gasteiger partial charge in [-0.1, -0.05) is 18.6 Å². The van der Waals surface area contributed by atoms with Crippen molar-refractivity contribution in [2.24, 2.45) is 11.3 Å². The number of ether oxygens (including phenoxy) is 1. The van der Waals surface area contributed by atoms with E-state index in [4.69, 9.17) is 9.16 Å². The van der Waals surface area contributed by atoms with Gasteiger partial charge in [-0.3, -0.25) is 0 Å². The van der Waals surface area contributed by atoms with Gasteiger partial charge >= 0.3 is 0 Å². The van der Waals surface area contributed by atoms with Crippen LogP contribution in [0.5, 0.6) is 5.75 Å². The number of hydrogen-bond acceptors (Lipinski definition) is 2. The van der Waals surface area contributed by atoms with Crippen molar-refractivity contribution >= 4 is 13.9 Å². The Morgan fingerprint density at radius 1 is 1.08 bits per heavy atom. The van der Waals surface area contributed by atoms with Crippen molar-refractivity contribution in [1.82, 2.24) is 0 Å². The van der Waals surface area contributed by atoms with Crippen LogP contribution in [-0.4, -0.2) is 21.5 Å². The second kappa shape index (κ2) is 5.99. The van der Waals surface area contributed by atoms with Gasteiger partial charge in [0.25, 0.3) is 0 Å². The van der Waals surface area contributed by atoms with E-state index >= 15 is 0 Å². The Labute approximate surface area is 153 Å². The summed E-state index contributed by atoms with van der Waals surface area (Å²) >= 11 is 0. The summed E-state index contributed by atoms with van der Waals surface area (Å²) in [4.78, 5) is 0. The maximum atomic E-state index is 6.65. The molecule has 1 fully saturated rings. The molecular weight excluding hydrogens is 324 g/mol. The molecule has 25 heavy (non-hydrogen) atoms. The number of aryl methyl sites for hydroxylation is 1. The fourth-order valence-corrected chi connectivity index (χ4v) is 6.84. The summed E-state index contributed by atoms with van der Waals surface area (Å²) in [5.41, 5.74) is 6.74. The van der Waals surface area contributed by atoms with Gasteiger partial charge in [0.15, 0.2) is 8.32 Å². The minimum atomic E-state index is -1.49. The van der Waals surface area contributed by atoms with Crippen LogP contribution in [0.15, 0.2) is 23.8 Å². The van der Waals surface area contributed by atoms with E-state index in [0.717, 1.165) is 18.1 Å². The van der Waals surface area contributed by atoms with E-state index in [0.29, 0.717) is 11.5 Å². The zero-order valence-corrected chi connectivity index (χ0v) is 17.4. The quantitative estimate of drug-likeness (QED) is 0.635. The van der Waals surface area contributed by atoms with E-state index < -0.39 is 8.32 Å². The molecule has 0 radical (unpaired) electrons. The summed E-state index contributed by atoms with van der Waals surface area (Å²) in [7, 11) is 0.275. The SMILES string of the molecule is COc1ccc2c(c1)CCC1=C2CC[C@]2(C)[C@H](O[Si](C)(C)C)CC[C@@H]12. The van der Waals surface area contributed by atoms with Crippen LogP contribution in [-0.2, 0) is 10.8 Å². The smallest absolute Gasteiger partial charge is 0.184 e. The van der Waals surface area contributed by atoms with E-state index in [9.17, 15) is 0 Å². The molecule has 1 saturated carbocycles. The van der Waals surface area contributed by atoms with E-state index in [-0.39, 0.29) is 0 Å². The molecule has 1 aromatic rings. The predicted octanol–water partition coefficient (Wildman–Crippen LogP) is 5.83. The number of benzene rings is 1. The number of hydrogen-bond donors (Lipinski definition) is 0. The Balaban J connectivity index is 1.68. The van der Waals surface area contributed by atoms with E-state index in [1.165, 1.54) is 43.2 Å². The molecule has 3 aliphatic rings.